The average Bonchev–Trinajstić information content (AvgIpc) is 2.84. The molecule has 1 N–H and O–H groups in total. The van der Waals surface area contributed by atoms with E-state index in [0.29, 0.717) is 5.69 Å². The maximum Gasteiger partial charge on any atom is 0.282 e. The molecule has 2 aromatic rings. The first-order valence-electron chi connectivity index (χ1n) is 7.61. The van der Waals surface area contributed by atoms with E-state index in [-0.39, 0.29) is 17.4 Å². The van der Waals surface area contributed by atoms with Gasteiger partial charge in [0, 0.05) is 0 Å². The Labute approximate surface area is 135 Å². The Morgan fingerprint density at radius 1 is 1.00 bits per heavy atom. The SMILES string of the molecule is CCc1ccc(C=C2C(=O)NN(c3ccc(C)cc3)C2=O)cc1. The molecular formula is C19H18N2O2. The third kappa shape index (κ3) is 3.01. The van der Waals surface area contributed by atoms with Crippen molar-refractivity contribution >= 4 is 23.6 Å². The number of benzene rings is 2. The zero-order chi connectivity index (χ0) is 16.4. The number of nitrogens with zero attached hydrogens (tertiary/aromatic N) is 1. The standard InChI is InChI=1S/C19H18N2O2/c1-3-14-6-8-15(9-7-14)12-17-18(22)20-21(19(17)23)16-10-4-13(2)5-11-16/h4-12H,3H2,1-2H3,(H,20,22). The van der Waals surface area contributed by atoms with Crippen LogP contribution in [0.4, 0.5) is 5.69 Å². The largest absolute Gasteiger partial charge is 0.282 e. The van der Waals surface area contributed by atoms with Crippen LogP contribution in [0.3, 0.4) is 0 Å². The third-order valence-corrected chi connectivity index (χ3v) is 3.88. The van der Waals surface area contributed by atoms with Crippen molar-refractivity contribution in [1.82, 2.24) is 5.43 Å². The molecule has 2 amide bonds. The van der Waals surface area contributed by atoms with Gasteiger partial charge < -0.3 is 0 Å². The van der Waals surface area contributed by atoms with E-state index in [0.717, 1.165) is 17.5 Å². The van der Waals surface area contributed by atoms with Crippen molar-refractivity contribution in [2.45, 2.75) is 20.3 Å². The molecule has 0 radical (unpaired) electrons. The highest BCUT2D eigenvalue weighted by Gasteiger charge is 2.34. The summed E-state index contributed by atoms with van der Waals surface area (Å²) in [6.45, 7) is 4.06. The van der Waals surface area contributed by atoms with Crippen molar-refractivity contribution in [1.29, 1.82) is 0 Å². The minimum absolute atomic E-state index is 0.148. The number of anilines is 1. The van der Waals surface area contributed by atoms with E-state index in [9.17, 15) is 9.59 Å². The Morgan fingerprint density at radius 2 is 1.65 bits per heavy atom. The zero-order valence-electron chi connectivity index (χ0n) is 13.2. The molecule has 0 aromatic heterocycles. The van der Waals surface area contributed by atoms with E-state index in [1.54, 1.807) is 6.08 Å². The molecule has 0 saturated carbocycles. The molecule has 23 heavy (non-hydrogen) atoms. The van der Waals surface area contributed by atoms with E-state index in [1.165, 1.54) is 10.6 Å². The second-order valence-corrected chi connectivity index (χ2v) is 5.57. The highest BCUT2D eigenvalue weighted by molar-refractivity contribution is 6.31. The lowest BCUT2D eigenvalue weighted by molar-refractivity contribution is -0.117. The zero-order valence-corrected chi connectivity index (χ0v) is 13.2. The van der Waals surface area contributed by atoms with E-state index < -0.39 is 0 Å². The molecule has 2 aromatic carbocycles. The Bertz CT molecular complexity index is 774. The molecule has 0 unspecified atom stereocenters. The lowest BCUT2D eigenvalue weighted by Crippen LogP contribution is -2.35. The molecule has 1 aliphatic heterocycles. The summed E-state index contributed by atoms with van der Waals surface area (Å²) in [7, 11) is 0. The first kappa shape index (κ1) is 15.0. The number of amides is 2. The molecule has 1 aliphatic rings. The van der Waals surface area contributed by atoms with Crippen LogP contribution in [0.15, 0.2) is 54.1 Å². The van der Waals surface area contributed by atoms with Gasteiger partial charge in [-0.15, -0.1) is 0 Å². The maximum absolute atomic E-state index is 12.5. The van der Waals surface area contributed by atoms with Crippen molar-refractivity contribution in [2.75, 3.05) is 5.01 Å². The van der Waals surface area contributed by atoms with Crippen LogP contribution in [-0.4, -0.2) is 11.8 Å². The Balaban J connectivity index is 1.88. The quantitative estimate of drug-likeness (QED) is 0.700. The molecule has 1 heterocycles. The molecule has 1 fully saturated rings. The summed E-state index contributed by atoms with van der Waals surface area (Å²) in [4.78, 5) is 24.6. The molecule has 116 valence electrons. The predicted molar refractivity (Wildman–Crippen MR) is 90.6 cm³/mol. The van der Waals surface area contributed by atoms with Gasteiger partial charge in [0.25, 0.3) is 11.8 Å². The molecule has 0 bridgehead atoms. The molecule has 0 atom stereocenters. The highest BCUT2D eigenvalue weighted by atomic mass is 16.2. The number of aryl methyl sites for hydroxylation is 2. The number of hydrazine groups is 1. The Morgan fingerprint density at radius 3 is 2.26 bits per heavy atom. The maximum atomic E-state index is 12.5. The number of carbonyl (C=O) groups excluding carboxylic acids is 2. The van der Waals surface area contributed by atoms with Gasteiger partial charge in [-0.05, 0) is 42.7 Å². The molecule has 3 rings (SSSR count). The summed E-state index contributed by atoms with van der Waals surface area (Å²) >= 11 is 0. The fourth-order valence-electron chi connectivity index (χ4n) is 2.45. The molecule has 0 spiro atoms. The highest BCUT2D eigenvalue weighted by Crippen LogP contribution is 2.22. The van der Waals surface area contributed by atoms with Gasteiger partial charge in [-0.25, -0.2) is 5.01 Å². The summed E-state index contributed by atoms with van der Waals surface area (Å²) in [5.41, 5.74) is 6.56. The first-order valence-corrected chi connectivity index (χ1v) is 7.61. The third-order valence-electron chi connectivity index (χ3n) is 3.88. The van der Waals surface area contributed by atoms with Crippen LogP contribution in [0.1, 0.15) is 23.6 Å². The fraction of sp³-hybridized carbons (Fsp3) is 0.158. The van der Waals surface area contributed by atoms with Crippen LogP contribution in [0.5, 0.6) is 0 Å². The van der Waals surface area contributed by atoms with Crippen molar-refractivity contribution in [2.24, 2.45) is 0 Å². The minimum atomic E-state index is -0.379. The van der Waals surface area contributed by atoms with Gasteiger partial charge in [0.1, 0.15) is 5.57 Å². The van der Waals surface area contributed by atoms with E-state index >= 15 is 0 Å². The van der Waals surface area contributed by atoms with Crippen LogP contribution in [-0.2, 0) is 16.0 Å². The van der Waals surface area contributed by atoms with Gasteiger partial charge in [-0.3, -0.25) is 15.0 Å². The second kappa shape index (κ2) is 6.08. The van der Waals surface area contributed by atoms with Gasteiger partial charge in [0.2, 0.25) is 0 Å². The number of rotatable bonds is 3. The van der Waals surface area contributed by atoms with E-state index in [1.807, 2.05) is 55.5 Å². The van der Waals surface area contributed by atoms with Crippen LogP contribution in [0, 0.1) is 6.92 Å². The number of hydrogen-bond donors (Lipinski definition) is 1. The van der Waals surface area contributed by atoms with Crippen molar-refractivity contribution in [3.05, 3.63) is 70.8 Å². The number of carbonyl (C=O) groups is 2. The lowest BCUT2D eigenvalue weighted by Gasteiger charge is -2.14. The van der Waals surface area contributed by atoms with Crippen LogP contribution >= 0.6 is 0 Å². The topological polar surface area (TPSA) is 49.4 Å². The van der Waals surface area contributed by atoms with Crippen LogP contribution in [0.2, 0.25) is 0 Å². The van der Waals surface area contributed by atoms with Crippen molar-refractivity contribution < 1.29 is 9.59 Å². The smallest absolute Gasteiger partial charge is 0.267 e. The molecular weight excluding hydrogens is 288 g/mol. The van der Waals surface area contributed by atoms with Gasteiger partial charge in [-0.1, -0.05) is 48.9 Å². The molecule has 4 nitrogen and oxygen atoms in total. The second-order valence-electron chi connectivity index (χ2n) is 5.57. The number of nitrogens with one attached hydrogen (secondary N) is 1. The molecule has 1 saturated heterocycles. The fourth-order valence-corrected chi connectivity index (χ4v) is 2.45. The minimum Gasteiger partial charge on any atom is -0.267 e. The van der Waals surface area contributed by atoms with Gasteiger partial charge in [0.05, 0.1) is 5.69 Å². The Hall–Kier alpha value is -2.88. The van der Waals surface area contributed by atoms with E-state index in [2.05, 4.69) is 12.3 Å². The predicted octanol–water partition coefficient (Wildman–Crippen LogP) is 3.02. The molecule has 0 aliphatic carbocycles. The summed E-state index contributed by atoms with van der Waals surface area (Å²) in [5, 5.41) is 1.29. The summed E-state index contributed by atoms with van der Waals surface area (Å²) in [6.07, 6.45) is 2.59. The normalized spacial score (nSPS) is 16.1. The van der Waals surface area contributed by atoms with Gasteiger partial charge in [-0.2, -0.15) is 0 Å². The first-order chi connectivity index (χ1) is 11.1. The molecule has 4 heteroatoms. The van der Waals surface area contributed by atoms with Crippen molar-refractivity contribution in [3.8, 4) is 0 Å². The summed E-state index contributed by atoms with van der Waals surface area (Å²) < 4.78 is 0. The van der Waals surface area contributed by atoms with Gasteiger partial charge >= 0.3 is 0 Å². The van der Waals surface area contributed by atoms with Gasteiger partial charge in [0.15, 0.2) is 0 Å². The monoisotopic (exact) mass is 306 g/mol. The van der Waals surface area contributed by atoms with Crippen LogP contribution in [0.25, 0.3) is 6.08 Å². The van der Waals surface area contributed by atoms with Crippen molar-refractivity contribution in [3.63, 3.8) is 0 Å². The summed E-state index contributed by atoms with van der Waals surface area (Å²) in [5.74, 6) is -0.714. The summed E-state index contributed by atoms with van der Waals surface area (Å²) in [6, 6.07) is 15.3. The lowest BCUT2D eigenvalue weighted by atomic mass is 10.1. The average molecular weight is 306 g/mol. The van der Waals surface area contributed by atoms with E-state index in [4.69, 9.17) is 0 Å². The Kier molecular flexibility index (Phi) is 3.98. The van der Waals surface area contributed by atoms with Crippen LogP contribution < -0.4 is 10.4 Å². The number of hydrogen-bond acceptors (Lipinski definition) is 2.